The topological polar surface area (TPSA) is 61.6 Å². The molecule has 0 aromatic carbocycles. The fourth-order valence-corrected chi connectivity index (χ4v) is 3.44. The SMILES string of the molecule is CSc1nnc(SCC(C#N)NC(C)C)s1. The second-order valence-electron chi connectivity index (χ2n) is 3.35. The van der Waals surface area contributed by atoms with Crippen LogP contribution in [0.3, 0.4) is 0 Å². The zero-order chi connectivity index (χ0) is 12.0. The molecule has 0 saturated heterocycles. The number of nitrogens with one attached hydrogen (secondary N) is 1. The predicted octanol–water partition coefficient (Wildman–Crippen LogP) is 2.24. The van der Waals surface area contributed by atoms with E-state index in [1.54, 1.807) is 34.9 Å². The summed E-state index contributed by atoms with van der Waals surface area (Å²) < 4.78 is 1.89. The van der Waals surface area contributed by atoms with E-state index in [4.69, 9.17) is 5.26 Å². The van der Waals surface area contributed by atoms with Crippen molar-refractivity contribution in [2.45, 2.75) is 34.6 Å². The van der Waals surface area contributed by atoms with Gasteiger partial charge in [-0.3, -0.25) is 5.32 Å². The zero-order valence-electron chi connectivity index (χ0n) is 9.43. The minimum Gasteiger partial charge on any atom is -0.299 e. The maximum absolute atomic E-state index is 8.94. The van der Waals surface area contributed by atoms with Crippen molar-refractivity contribution >= 4 is 34.9 Å². The summed E-state index contributed by atoms with van der Waals surface area (Å²) in [7, 11) is 0. The molecule has 1 rings (SSSR count). The Morgan fingerprint density at radius 2 is 2.12 bits per heavy atom. The molecular formula is C9H14N4S3. The summed E-state index contributed by atoms with van der Waals surface area (Å²) in [6.07, 6.45) is 1.98. The normalized spacial score (nSPS) is 12.7. The Kier molecular flexibility index (Phi) is 6.13. The van der Waals surface area contributed by atoms with Crippen molar-refractivity contribution < 1.29 is 0 Å². The van der Waals surface area contributed by atoms with E-state index >= 15 is 0 Å². The fraction of sp³-hybridized carbons (Fsp3) is 0.667. The average molecular weight is 274 g/mol. The van der Waals surface area contributed by atoms with Crippen LogP contribution < -0.4 is 5.32 Å². The third kappa shape index (κ3) is 4.70. The van der Waals surface area contributed by atoms with Gasteiger partial charge in [-0.2, -0.15) is 5.26 Å². The minimum absolute atomic E-state index is 0.133. The lowest BCUT2D eigenvalue weighted by Gasteiger charge is -2.12. The number of nitrogens with zero attached hydrogens (tertiary/aromatic N) is 3. The van der Waals surface area contributed by atoms with E-state index in [1.165, 1.54) is 0 Å². The first-order chi connectivity index (χ1) is 7.65. The second kappa shape index (κ2) is 7.12. The Morgan fingerprint density at radius 1 is 1.44 bits per heavy atom. The molecule has 1 unspecified atom stereocenters. The van der Waals surface area contributed by atoms with Gasteiger partial charge in [0.15, 0.2) is 8.68 Å². The number of rotatable bonds is 6. The Balaban J connectivity index is 2.40. The summed E-state index contributed by atoms with van der Waals surface area (Å²) in [4.78, 5) is 0. The third-order valence-corrected chi connectivity index (χ3v) is 4.75. The Morgan fingerprint density at radius 3 is 2.62 bits per heavy atom. The number of hydrogen-bond donors (Lipinski definition) is 1. The van der Waals surface area contributed by atoms with E-state index in [1.807, 2.05) is 20.1 Å². The first kappa shape index (κ1) is 13.8. The molecule has 0 aliphatic carbocycles. The first-order valence-electron chi connectivity index (χ1n) is 4.81. The van der Waals surface area contributed by atoms with E-state index in [-0.39, 0.29) is 6.04 Å². The van der Waals surface area contributed by atoms with Crippen LogP contribution >= 0.6 is 34.9 Å². The van der Waals surface area contributed by atoms with Gasteiger partial charge in [0.1, 0.15) is 6.04 Å². The van der Waals surface area contributed by atoms with Crippen LogP contribution in [0.25, 0.3) is 0 Å². The third-order valence-electron chi connectivity index (χ3n) is 1.63. The Bertz CT molecular complexity index is 358. The summed E-state index contributed by atoms with van der Waals surface area (Å²) in [5, 5.41) is 20.2. The monoisotopic (exact) mass is 274 g/mol. The van der Waals surface area contributed by atoms with Gasteiger partial charge in [0.2, 0.25) is 0 Å². The molecule has 1 aromatic heterocycles. The van der Waals surface area contributed by atoms with E-state index in [2.05, 4.69) is 21.6 Å². The molecule has 1 atom stereocenters. The predicted molar refractivity (Wildman–Crippen MR) is 70.1 cm³/mol. The van der Waals surface area contributed by atoms with Crippen molar-refractivity contribution in [2.24, 2.45) is 0 Å². The highest BCUT2D eigenvalue weighted by Gasteiger charge is 2.11. The molecule has 0 aliphatic heterocycles. The Labute approximate surface area is 108 Å². The van der Waals surface area contributed by atoms with Crippen LogP contribution in [0.4, 0.5) is 0 Å². The fourth-order valence-electron chi connectivity index (χ4n) is 1.02. The minimum atomic E-state index is -0.133. The molecular weight excluding hydrogens is 260 g/mol. The van der Waals surface area contributed by atoms with Crippen molar-refractivity contribution in [3.63, 3.8) is 0 Å². The van der Waals surface area contributed by atoms with Crippen LogP contribution in [0.15, 0.2) is 8.68 Å². The number of nitriles is 1. The average Bonchev–Trinajstić information content (AvgIpc) is 2.71. The number of hydrogen-bond acceptors (Lipinski definition) is 7. The lowest BCUT2D eigenvalue weighted by Crippen LogP contribution is -2.35. The molecule has 0 aliphatic rings. The molecule has 0 spiro atoms. The molecule has 0 bridgehead atoms. The molecule has 1 aromatic rings. The molecule has 0 radical (unpaired) electrons. The first-order valence-corrected chi connectivity index (χ1v) is 7.84. The molecule has 4 nitrogen and oxygen atoms in total. The second-order valence-corrected chi connectivity index (χ2v) is 6.65. The van der Waals surface area contributed by atoms with Crippen LogP contribution in [0.5, 0.6) is 0 Å². The number of aromatic nitrogens is 2. The molecule has 1 N–H and O–H groups in total. The molecule has 16 heavy (non-hydrogen) atoms. The molecule has 0 amide bonds. The van der Waals surface area contributed by atoms with Crippen molar-refractivity contribution in [1.29, 1.82) is 5.26 Å². The lowest BCUT2D eigenvalue weighted by molar-refractivity contribution is 0.560. The van der Waals surface area contributed by atoms with E-state index in [0.29, 0.717) is 11.8 Å². The van der Waals surface area contributed by atoms with Gasteiger partial charge in [-0.1, -0.05) is 34.9 Å². The maximum atomic E-state index is 8.94. The van der Waals surface area contributed by atoms with Crippen molar-refractivity contribution in [3.05, 3.63) is 0 Å². The Hall–Kier alpha value is -0.290. The van der Waals surface area contributed by atoms with Gasteiger partial charge in [0.25, 0.3) is 0 Å². The standard InChI is InChI=1S/C9H14N4S3/c1-6(2)11-7(4-10)5-15-9-13-12-8(14-3)16-9/h6-7,11H,5H2,1-3H3. The van der Waals surface area contributed by atoms with Gasteiger partial charge in [-0.25, -0.2) is 0 Å². The van der Waals surface area contributed by atoms with Crippen molar-refractivity contribution in [2.75, 3.05) is 12.0 Å². The summed E-state index contributed by atoms with van der Waals surface area (Å²) in [5.41, 5.74) is 0. The van der Waals surface area contributed by atoms with Crippen LogP contribution in [0.2, 0.25) is 0 Å². The van der Waals surface area contributed by atoms with Crippen LogP contribution in [0, 0.1) is 11.3 Å². The van der Waals surface area contributed by atoms with E-state index in [9.17, 15) is 0 Å². The largest absolute Gasteiger partial charge is 0.299 e. The highest BCUT2D eigenvalue weighted by molar-refractivity contribution is 8.03. The summed E-state index contributed by atoms with van der Waals surface area (Å²) in [6.45, 7) is 4.07. The summed E-state index contributed by atoms with van der Waals surface area (Å²) in [6, 6.07) is 2.43. The molecule has 0 fully saturated rings. The summed E-state index contributed by atoms with van der Waals surface area (Å²) in [5.74, 6) is 0.706. The number of thioether (sulfide) groups is 2. The van der Waals surface area contributed by atoms with Gasteiger partial charge in [0.05, 0.1) is 6.07 Å². The van der Waals surface area contributed by atoms with Gasteiger partial charge in [-0.05, 0) is 20.1 Å². The lowest BCUT2D eigenvalue weighted by atomic mass is 10.3. The van der Waals surface area contributed by atoms with Gasteiger partial charge in [-0.15, -0.1) is 10.2 Å². The highest BCUT2D eigenvalue weighted by Crippen LogP contribution is 2.27. The van der Waals surface area contributed by atoms with Crippen molar-refractivity contribution in [1.82, 2.24) is 15.5 Å². The van der Waals surface area contributed by atoms with Crippen LogP contribution in [0.1, 0.15) is 13.8 Å². The molecule has 88 valence electrons. The maximum Gasteiger partial charge on any atom is 0.175 e. The highest BCUT2D eigenvalue weighted by atomic mass is 32.2. The van der Waals surface area contributed by atoms with E-state index < -0.39 is 0 Å². The smallest absolute Gasteiger partial charge is 0.175 e. The quantitative estimate of drug-likeness (QED) is 0.803. The van der Waals surface area contributed by atoms with Gasteiger partial charge in [0, 0.05) is 11.8 Å². The molecule has 0 saturated carbocycles. The summed E-state index contributed by atoms with van der Waals surface area (Å²) >= 11 is 4.74. The molecule has 7 heteroatoms. The molecule has 1 heterocycles. The van der Waals surface area contributed by atoms with Crippen LogP contribution in [-0.2, 0) is 0 Å². The zero-order valence-corrected chi connectivity index (χ0v) is 11.9. The van der Waals surface area contributed by atoms with Crippen molar-refractivity contribution in [3.8, 4) is 6.07 Å². The van der Waals surface area contributed by atoms with Gasteiger partial charge >= 0.3 is 0 Å². The van der Waals surface area contributed by atoms with E-state index in [0.717, 1.165) is 8.68 Å². The van der Waals surface area contributed by atoms with Crippen LogP contribution in [-0.4, -0.2) is 34.3 Å². The van der Waals surface area contributed by atoms with Gasteiger partial charge < -0.3 is 0 Å².